The van der Waals surface area contributed by atoms with Gasteiger partial charge in [0.15, 0.2) is 0 Å². The number of hydrogen-bond donors (Lipinski definition) is 1. The molecule has 2 rings (SSSR count). The van der Waals surface area contributed by atoms with Crippen LogP contribution in [0.1, 0.15) is 19.4 Å². The summed E-state index contributed by atoms with van der Waals surface area (Å²) in [6.45, 7) is 3.78. The fraction of sp³-hybridized carbons (Fsp3) is 0.188. The zero-order chi connectivity index (χ0) is 14.8. The highest BCUT2D eigenvalue weighted by Gasteiger charge is 2.29. The lowest BCUT2D eigenvalue weighted by atomic mass is 9.83. The predicted octanol–water partition coefficient (Wildman–Crippen LogP) is 5.02. The average Bonchev–Trinajstić information content (AvgIpc) is 2.39. The standard InChI is InChI=1S/C16H15BrClNO/c1-16(2,11-6-8-13(18)9-7-11)15(20)19-14-5-3-4-12(17)10-14/h3-10H,1-2H3,(H,19,20). The Morgan fingerprint density at radius 3 is 2.40 bits per heavy atom. The number of carbonyl (C=O) groups excluding carboxylic acids is 1. The van der Waals surface area contributed by atoms with Crippen molar-refractivity contribution in [3.8, 4) is 0 Å². The molecule has 0 aliphatic carbocycles. The lowest BCUT2D eigenvalue weighted by Crippen LogP contribution is -2.34. The Balaban J connectivity index is 2.21. The molecule has 0 aromatic heterocycles. The van der Waals surface area contributed by atoms with Gasteiger partial charge in [-0.15, -0.1) is 0 Å². The highest BCUT2D eigenvalue weighted by atomic mass is 79.9. The van der Waals surface area contributed by atoms with Crippen molar-refractivity contribution in [2.24, 2.45) is 0 Å². The monoisotopic (exact) mass is 351 g/mol. The number of anilines is 1. The van der Waals surface area contributed by atoms with E-state index in [2.05, 4.69) is 21.2 Å². The summed E-state index contributed by atoms with van der Waals surface area (Å²) in [7, 11) is 0. The Bertz CT molecular complexity index is 623. The molecule has 0 heterocycles. The maximum absolute atomic E-state index is 12.5. The lowest BCUT2D eigenvalue weighted by Gasteiger charge is -2.24. The first-order valence-electron chi connectivity index (χ1n) is 6.22. The molecule has 0 saturated carbocycles. The van der Waals surface area contributed by atoms with Gasteiger partial charge in [-0.1, -0.05) is 45.7 Å². The fourth-order valence-corrected chi connectivity index (χ4v) is 2.38. The van der Waals surface area contributed by atoms with Crippen LogP contribution in [0.15, 0.2) is 53.0 Å². The first-order chi connectivity index (χ1) is 9.39. The third-order valence-corrected chi connectivity index (χ3v) is 3.96. The number of rotatable bonds is 3. The van der Waals surface area contributed by atoms with Crippen LogP contribution in [0.4, 0.5) is 5.69 Å². The maximum Gasteiger partial charge on any atom is 0.234 e. The van der Waals surface area contributed by atoms with E-state index in [9.17, 15) is 4.79 Å². The summed E-state index contributed by atoms with van der Waals surface area (Å²) < 4.78 is 0.930. The molecule has 20 heavy (non-hydrogen) atoms. The van der Waals surface area contributed by atoms with Gasteiger partial charge in [-0.25, -0.2) is 0 Å². The lowest BCUT2D eigenvalue weighted by molar-refractivity contribution is -0.120. The Morgan fingerprint density at radius 2 is 1.80 bits per heavy atom. The van der Waals surface area contributed by atoms with Crippen molar-refractivity contribution in [2.45, 2.75) is 19.3 Å². The van der Waals surface area contributed by atoms with Crippen molar-refractivity contribution < 1.29 is 4.79 Å². The molecule has 0 unspecified atom stereocenters. The van der Waals surface area contributed by atoms with Crippen molar-refractivity contribution in [3.05, 3.63) is 63.6 Å². The molecule has 0 bridgehead atoms. The van der Waals surface area contributed by atoms with Crippen molar-refractivity contribution in [1.29, 1.82) is 0 Å². The van der Waals surface area contributed by atoms with Gasteiger partial charge >= 0.3 is 0 Å². The molecule has 104 valence electrons. The molecular formula is C16H15BrClNO. The minimum absolute atomic E-state index is 0.0575. The van der Waals surface area contributed by atoms with Crippen LogP contribution in [0.25, 0.3) is 0 Å². The molecule has 1 N–H and O–H groups in total. The van der Waals surface area contributed by atoms with E-state index in [0.717, 1.165) is 15.7 Å². The number of amides is 1. The van der Waals surface area contributed by atoms with Crippen molar-refractivity contribution in [1.82, 2.24) is 0 Å². The second kappa shape index (κ2) is 5.98. The molecule has 1 amide bonds. The first kappa shape index (κ1) is 15.1. The smallest absolute Gasteiger partial charge is 0.234 e. The summed E-state index contributed by atoms with van der Waals surface area (Å²) in [6, 6.07) is 14.9. The summed E-state index contributed by atoms with van der Waals surface area (Å²) in [6.07, 6.45) is 0. The zero-order valence-electron chi connectivity index (χ0n) is 11.3. The first-order valence-corrected chi connectivity index (χ1v) is 7.40. The van der Waals surface area contributed by atoms with Gasteiger partial charge in [0.1, 0.15) is 0 Å². The number of hydrogen-bond acceptors (Lipinski definition) is 1. The number of halogens is 2. The van der Waals surface area contributed by atoms with Gasteiger partial charge in [0, 0.05) is 15.2 Å². The van der Waals surface area contributed by atoms with Crippen LogP contribution in [0.5, 0.6) is 0 Å². The van der Waals surface area contributed by atoms with Crippen molar-refractivity contribution in [3.63, 3.8) is 0 Å². The van der Waals surface area contributed by atoms with Gasteiger partial charge in [-0.2, -0.15) is 0 Å². The maximum atomic E-state index is 12.5. The molecule has 0 saturated heterocycles. The third-order valence-electron chi connectivity index (χ3n) is 3.22. The highest BCUT2D eigenvalue weighted by Crippen LogP contribution is 2.27. The summed E-state index contributed by atoms with van der Waals surface area (Å²) in [5.74, 6) is -0.0575. The second-order valence-electron chi connectivity index (χ2n) is 5.10. The number of nitrogens with one attached hydrogen (secondary N) is 1. The molecule has 0 aliphatic rings. The average molecular weight is 353 g/mol. The van der Waals surface area contributed by atoms with E-state index in [-0.39, 0.29) is 5.91 Å². The molecular weight excluding hydrogens is 338 g/mol. The minimum atomic E-state index is -0.632. The van der Waals surface area contributed by atoms with Gasteiger partial charge in [0.25, 0.3) is 0 Å². The number of carbonyl (C=O) groups is 1. The number of benzene rings is 2. The Labute approximate surface area is 132 Å². The van der Waals surface area contributed by atoms with Crippen molar-refractivity contribution in [2.75, 3.05) is 5.32 Å². The van der Waals surface area contributed by atoms with E-state index in [4.69, 9.17) is 11.6 Å². The van der Waals surface area contributed by atoms with Gasteiger partial charge in [-0.3, -0.25) is 4.79 Å². The minimum Gasteiger partial charge on any atom is -0.325 e. The molecule has 4 heteroatoms. The zero-order valence-corrected chi connectivity index (χ0v) is 13.6. The Morgan fingerprint density at radius 1 is 1.15 bits per heavy atom. The predicted molar refractivity (Wildman–Crippen MR) is 87.2 cm³/mol. The molecule has 0 radical (unpaired) electrons. The van der Waals surface area contributed by atoms with Crippen LogP contribution >= 0.6 is 27.5 Å². The molecule has 0 fully saturated rings. The van der Waals surface area contributed by atoms with Crippen LogP contribution in [-0.4, -0.2) is 5.91 Å². The van der Waals surface area contributed by atoms with Crippen LogP contribution < -0.4 is 5.32 Å². The normalized spacial score (nSPS) is 11.2. The van der Waals surface area contributed by atoms with E-state index in [1.165, 1.54) is 0 Å². The second-order valence-corrected chi connectivity index (χ2v) is 6.45. The molecule has 0 aliphatic heterocycles. The summed E-state index contributed by atoms with van der Waals surface area (Å²) >= 11 is 9.27. The Hall–Kier alpha value is -1.32. The summed E-state index contributed by atoms with van der Waals surface area (Å²) in [4.78, 5) is 12.5. The Kier molecular flexibility index (Phi) is 4.51. The van der Waals surface area contributed by atoms with Gasteiger partial charge in [0.2, 0.25) is 5.91 Å². The SMILES string of the molecule is CC(C)(C(=O)Nc1cccc(Br)c1)c1ccc(Cl)cc1. The van der Waals surface area contributed by atoms with Gasteiger partial charge in [-0.05, 0) is 49.7 Å². The van der Waals surface area contributed by atoms with Gasteiger partial charge in [0.05, 0.1) is 5.41 Å². The van der Waals surface area contributed by atoms with E-state index in [1.807, 2.05) is 50.2 Å². The van der Waals surface area contributed by atoms with E-state index < -0.39 is 5.41 Å². The molecule has 0 atom stereocenters. The molecule has 2 nitrogen and oxygen atoms in total. The summed E-state index contributed by atoms with van der Waals surface area (Å²) in [5, 5.41) is 3.60. The van der Waals surface area contributed by atoms with Crippen LogP contribution in [-0.2, 0) is 10.2 Å². The fourth-order valence-electron chi connectivity index (χ4n) is 1.85. The van der Waals surface area contributed by atoms with E-state index >= 15 is 0 Å². The van der Waals surface area contributed by atoms with Gasteiger partial charge < -0.3 is 5.32 Å². The third kappa shape index (κ3) is 3.41. The summed E-state index contributed by atoms with van der Waals surface area (Å²) in [5.41, 5.74) is 1.06. The van der Waals surface area contributed by atoms with E-state index in [0.29, 0.717) is 5.02 Å². The molecule has 0 spiro atoms. The quantitative estimate of drug-likeness (QED) is 0.825. The van der Waals surface area contributed by atoms with Crippen molar-refractivity contribution >= 4 is 39.1 Å². The van der Waals surface area contributed by atoms with Crippen LogP contribution in [0, 0.1) is 0 Å². The molecule has 2 aromatic carbocycles. The van der Waals surface area contributed by atoms with Crippen LogP contribution in [0.2, 0.25) is 5.02 Å². The molecule has 2 aromatic rings. The van der Waals surface area contributed by atoms with E-state index in [1.54, 1.807) is 12.1 Å². The highest BCUT2D eigenvalue weighted by molar-refractivity contribution is 9.10. The largest absolute Gasteiger partial charge is 0.325 e. The van der Waals surface area contributed by atoms with Crippen LogP contribution in [0.3, 0.4) is 0 Å². The topological polar surface area (TPSA) is 29.1 Å².